The molecular formula is C16H22FN3O. The zero-order chi connectivity index (χ0) is 15.8. The van der Waals surface area contributed by atoms with Gasteiger partial charge in [0.05, 0.1) is 12.2 Å². The number of anilines is 1. The summed E-state index contributed by atoms with van der Waals surface area (Å²) in [5, 5.41) is 0. The summed E-state index contributed by atoms with van der Waals surface area (Å²) in [5.41, 5.74) is 7.63. The highest BCUT2D eigenvalue weighted by Gasteiger charge is 2.26. The van der Waals surface area contributed by atoms with Crippen LogP contribution in [0.5, 0.6) is 0 Å². The lowest BCUT2D eigenvalue weighted by Gasteiger charge is -2.22. The van der Waals surface area contributed by atoms with Crippen LogP contribution in [0.1, 0.15) is 39.0 Å². The first kappa shape index (κ1) is 15.4. The molecule has 4 nitrogen and oxygen atoms in total. The van der Waals surface area contributed by atoms with Gasteiger partial charge in [-0.15, -0.1) is 0 Å². The van der Waals surface area contributed by atoms with Gasteiger partial charge in [-0.3, -0.25) is 9.48 Å². The summed E-state index contributed by atoms with van der Waals surface area (Å²) in [6, 6.07) is 6.16. The van der Waals surface area contributed by atoms with Crippen molar-refractivity contribution in [1.29, 1.82) is 0 Å². The first-order valence-electron chi connectivity index (χ1n) is 7.09. The second-order valence-electron chi connectivity index (χ2n) is 6.22. The van der Waals surface area contributed by atoms with Crippen LogP contribution in [0.3, 0.4) is 0 Å². The Morgan fingerprint density at radius 3 is 2.19 bits per heavy atom. The van der Waals surface area contributed by atoms with Crippen molar-refractivity contribution in [2.45, 2.75) is 46.2 Å². The Morgan fingerprint density at radius 1 is 1.14 bits per heavy atom. The number of nitrogens with two attached hydrogens (primary N) is 1. The SMILES string of the molecule is CCn1c(C(C)(C)C)c(N)c(=O)n1Cc1ccc(F)cc1. The van der Waals surface area contributed by atoms with Gasteiger partial charge in [0.1, 0.15) is 11.5 Å². The van der Waals surface area contributed by atoms with Crippen molar-refractivity contribution in [3.8, 4) is 0 Å². The topological polar surface area (TPSA) is 52.9 Å². The van der Waals surface area contributed by atoms with E-state index in [9.17, 15) is 9.18 Å². The molecule has 0 fully saturated rings. The minimum Gasteiger partial charge on any atom is -0.393 e. The van der Waals surface area contributed by atoms with E-state index < -0.39 is 0 Å². The van der Waals surface area contributed by atoms with Crippen LogP contribution < -0.4 is 11.3 Å². The largest absolute Gasteiger partial charge is 0.393 e. The first-order chi connectivity index (χ1) is 9.75. The fourth-order valence-corrected chi connectivity index (χ4v) is 2.65. The van der Waals surface area contributed by atoms with Crippen LogP contribution in [0.2, 0.25) is 0 Å². The van der Waals surface area contributed by atoms with E-state index in [2.05, 4.69) is 0 Å². The van der Waals surface area contributed by atoms with Crippen molar-refractivity contribution in [2.75, 3.05) is 5.73 Å². The van der Waals surface area contributed by atoms with Gasteiger partial charge < -0.3 is 5.73 Å². The molecule has 0 saturated carbocycles. The average Bonchev–Trinajstić information content (AvgIpc) is 2.65. The van der Waals surface area contributed by atoms with E-state index in [1.807, 2.05) is 32.4 Å². The van der Waals surface area contributed by atoms with Gasteiger partial charge in [-0.05, 0) is 24.6 Å². The maximum absolute atomic E-state index is 13.0. The summed E-state index contributed by atoms with van der Waals surface area (Å²) in [6.07, 6.45) is 0. The first-order valence-corrected chi connectivity index (χ1v) is 7.09. The van der Waals surface area contributed by atoms with Crippen LogP contribution in [0.4, 0.5) is 10.1 Å². The van der Waals surface area contributed by atoms with Crippen molar-refractivity contribution in [1.82, 2.24) is 9.36 Å². The van der Waals surface area contributed by atoms with Gasteiger partial charge in [-0.25, -0.2) is 9.07 Å². The molecule has 0 aliphatic carbocycles. The third kappa shape index (κ3) is 2.86. The summed E-state index contributed by atoms with van der Waals surface area (Å²) >= 11 is 0. The quantitative estimate of drug-likeness (QED) is 0.945. The molecule has 5 heteroatoms. The molecule has 0 bridgehead atoms. The van der Waals surface area contributed by atoms with Gasteiger partial charge in [-0.1, -0.05) is 32.9 Å². The van der Waals surface area contributed by atoms with Crippen LogP contribution in [0, 0.1) is 5.82 Å². The molecule has 0 aliphatic rings. The molecule has 1 aromatic heterocycles. The molecule has 114 valence electrons. The lowest BCUT2D eigenvalue weighted by molar-refractivity contribution is 0.428. The average molecular weight is 291 g/mol. The second-order valence-corrected chi connectivity index (χ2v) is 6.22. The fourth-order valence-electron chi connectivity index (χ4n) is 2.65. The third-order valence-corrected chi connectivity index (χ3v) is 3.53. The standard InChI is InChI=1S/C16H22FN3O/c1-5-19-14(16(2,3)4)13(18)15(21)20(19)10-11-6-8-12(17)9-7-11/h6-9H,5,10,18H2,1-4H3. The lowest BCUT2D eigenvalue weighted by atomic mass is 9.91. The van der Waals surface area contributed by atoms with Crippen LogP contribution in [0.25, 0.3) is 0 Å². The van der Waals surface area contributed by atoms with Gasteiger partial charge in [0.2, 0.25) is 0 Å². The Kier molecular flexibility index (Phi) is 3.94. The minimum atomic E-state index is -0.285. The summed E-state index contributed by atoms with van der Waals surface area (Å²) in [4.78, 5) is 12.4. The van der Waals surface area contributed by atoms with E-state index in [-0.39, 0.29) is 16.8 Å². The summed E-state index contributed by atoms with van der Waals surface area (Å²) < 4.78 is 16.5. The Hall–Kier alpha value is -2.04. The molecule has 0 radical (unpaired) electrons. The zero-order valence-corrected chi connectivity index (χ0v) is 13.0. The number of rotatable bonds is 3. The van der Waals surface area contributed by atoms with Crippen molar-refractivity contribution >= 4 is 5.69 Å². The molecule has 21 heavy (non-hydrogen) atoms. The highest BCUT2D eigenvalue weighted by atomic mass is 19.1. The number of aromatic nitrogens is 2. The Labute approximate surface area is 124 Å². The summed E-state index contributed by atoms with van der Waals surface area (Å²) in [5.74, 6) is -0.285. The van der Waals surface area contributed by atoms with Crippen LogP contribution in [-0.4, -0.2) is 9.36 Å². The van der Waals surface area contributed by atoms with E-state index in [0.717, 1.165) is 11.3 Å². The molecule has 2 aromatic rings. The normalized spacial score (nSPS) is 11.9. The van der Waals surface area contributed by atoms with Gasteiger partial charge in [0.15, 0.2) is 0 Å². The Bertz CT molecular complexity index is 690. The summed E-state index contributed by atoms with van der Waals surface area (Å²) in [7, 11) is 0. The maximum Gasteiger partial charge on any atom is 0.290 e. The fraction of sp³-hybridized carbons (Fsp3) is 0.438. The van der Waals surface area contributed by atoms with E-state index in [1.165, 1.54) is 12.1 Å². The smallest absolute Gasteiger partial charge is 0.290 e. The van der Waals surface area contributed by atoms with Crippen LogP contribution >= 0.6 is 0 Å². The highest BCUT2D eigenvalue weighted by Crippen LogP contribution is 2.26. The molecule has 0 saturated heterocycles. The number of benzene rings is 1. The van der Waals surface area contributed by atoms with E-state index >= 15 is 0 Å². The molecule has 0 unspecified atom stereocenters. The lowest BCUT2D eigenvalue weighted by Crippen LogP contribution is -2.26. The zero-order valence-electron chi connectivity index (χ0n) is 13.0. The Balaban J connectivity index is 2.54. The predicted molar refractivity (Wildman–Crippen MR) is 83.0 cm³/mol. The number of nitrogens with zero attached hydrogens (tertiary/aromatic N) is 2. The van der Waals surface area contributed by atoms with Gasteiger partial charge in [0.25, 0.3) is 5.56 Å². The number of hydrogen-bond acceptors (Lipinski definition) is 2. The van der Waals surface area contributed by atoms with Crippen molar-refractivity contribution < 1.29 is 4.39 Å². The van der Waals surface area contributed by atoms with Crippen LogP contribution in [0.15, 0.2) is 29.1 Å². The monoisotopic (exact) mass is 291 g/mol. The molecule has 0 amide bonds. The minimum absolute atomic E-state index is 0.189. The highest BCUT2D eigenvalue weighted by molar-refractivity contribution is 5.45. The van der Waals surface area contributed by atoms with E-state index in [4.69, 9.17) is 5.73 Å². The summed E-state index contributed by atoms with van der Waals surface area (Å²) in [6.45, 7) is 9.12. The molecule has 2 N–H and O–H groups in total. The van der Waals surface area contributed by atoms with Gasteiger partial charge in [-0.2, -0.15) is 0 Å². The van der Waals surface area contributed by atoms with E-state index in [1.54, 1.807) is 16.8 Å². The number of hydrogen-bond donors (Lipinski definition) is 1. The van der Waals surface area contributed by atoms with Gasteiger partial charge in [0, 0.05) is 12.0 Å². The third-order valence-electron chi connectivity index (χ3n) is 3.53. The molecular weight excluding hydrogens is 269 g/mol. The number of halogens is 1. The molecule has 0 atom stereocenters. The molecule has 0 aliphatic heterocycles. The van der Waals surface area contributed by atoms with Crippen LogP contribution in [-0.2, 0) is 18.5 Å². The van der Waals surface area contributed by atoms with Crippen molar-refractivity contribution in [3.05, 3.63) is 51.7 Å². The van der Waals surface area contributed by atoms with Gasteiger partial charge >= 0.3 is 0 Å². The predicted octanol–water partition coefficient (Wildman–Crippen LogP) is 2.74. The molecule has 1 aromatic carbocycles. The number of nitrogen functional groups attached to an aromatic ring is 1. The molecule has 1 heterocycles. The van der Waals surface area contributed by atoms with Crippen molar-refractivity contribution in [3.63, 3.8) is 0 Å². The van der Waals surface area contributed by atoms with Crippen molar-refractivity contribution in [2.24, 2.45) is 0 Å². The maximum atomic E-state index is 13.0. The Morgan fingerprint density at radius 2 is 1.71 bits per heavy atom. The molecule has 0 spiro atoms. The van der Waals surface area contributed by atoms with E-state index in [0.29, 0.717) is 18.8 Å². The molecule has 2 rings (SSSR count). The second kappa shape index (κ2) is 5.39.